The van der Waals surface area contributed by atoms with Gasteiger partial charge in [-0.3, -0.25) is 0 Å². The molecule has 9 aromatic carbocycles. The van der Waals surface area contributed by atoms with Crippen LogP contribution in [0, 0.1) is 15.9 Å². The SMILES string of the molecule is CC(C)(C)c1cc(Oc2[c-]c3c(cc2)c2cc4c5cccc6c7ccccc7n(c4cc2n3-c2ccccn2)c65)[c-]c(-n2[c](=[Pt])n(-c3c(-c4ccccc4)cc(C(C)(C)C)cc3-c3ccccc3)c3ccccc32)c1. The van der Waals surface area contributed by atoms with Gasteiger partial charge in [-0.2, -0.15) is 0 Å². The molecule has 0 unspecified atom stereocenters. The van der Waals surface area contributed by atoms with Gasteiger partial charge < -0.3 is 4.40 Å². The van der Waals surface area contributed by atoms with Crippen molar-refractivity contribution < 1.29 is 24.1 Å². The van der Waals surface area contributed by atoms with Crippen LogP contribution in [-0.4, -0.2) is 23.1 Å². The summed E-state index contributed by atoms with van der Waals surface area (Å²) >= 11 is 2.53. The first-order valence-corrected chi connectivity index (χ1v) is 26.8. The molecule has 0 saturated carbocycles. The Balaban J connectivity index is 0.965. The molecule has 0 radical (unpaired) electrons. The number of benzene rings is 9. The van der Waals surface area contributed by atoms with Gasteiger partial charge in [0, 0.05) is 27.7 Å². The van der Waals surface area contributed by atoms with Crippen molar-refractivity contribution >= 4 is 70.9 Å². The van der Waals surface area contributed by atoms with Crippen molar-refractivity contribution in [1.82, 2.24) is 23.1 Å². The fourth-order valence-corrected chi connectivity index (χ4v) is 12.5. The number of imidazole rings is 1. The van der Waals surface area contributed by atoms with E-state index in [9.17, 15) is 0 Å². The molecule has 0 N–H and O–H groups in total. The summed E-state index contributed by atoms with van der Waals surface area (Å²) in [6.07, 6.45) is 1.86. The maximum atomic E-state index is 7.04. The van der Waals surface area contributed by atoms with E-state index in [1.807, 2.05) is 24.4 Å². The summed E-state index contributed by atoms with van der Waals surface area (Å²) < 4.78 is 17.5. The van der Waals surface area contributed by atoms with Crippen molar-refractivity contribution in [2.75, 3.05) is 0 Å². The summed E-state index contributed by atoms with van der Waals surface area (Å²) in [7, 11) is 0. The third kappa shape index (κ3) is 7.18. The zero-order chi connectivity index (χ0) is 50.9. The van der Waals surface area contributed by atoms with E-state index < -0.39 is 0 Å². The van der Waals surface area contributed by atoms with Crippen LogP contribution in [0.15, 0.2) is 200 Å². The van der Waals surface area contributed by atoms with E-state index in [4.69, 9.17) is 9.72 Å². The van der Waals surface area contributed by atoms with Gasteiger partial charge in [-0.25, -0.2) is 0 Å². The van der Waals surface area contributed by atoms with Gasteiger partial charge >= 0.3 is 346 Å². The third-order valence-corrected chi connectivity index (χ3v) is 16.1. The average Bonchev–Trinajstić information content (AvgIpc) is 4.20. The molecule has 0 aliphatic heterocycles. The summed E-state index contributed by atoms with van der Waals surface area (Å²) in [4.78, 5) is 4.93. The van der Waals surface area contributed by atoms with Gasteiger partial charge in [0.1, 0.15) is 0 Å². The van der Waals surface area contributed by atoms with Gasteiger partial charge in [-0.15, -0.1) is 0 Å². The number of hydrogen-bond acceptors (Lipinski definition) is 2. The predicted octanol–water partition coefficient (Wildman–Crippen LogP) is 17.5. The normalized spacial score (nSPS) is 12.5. The van der Waals surface area contributed by atoms with Gasteiger partial charge in [-0.05, 0) is 12.1 Å². The van der Waals surface area contributed by atoms with Crippen LogP contribution in [0.25, 0.3) is 110 Å². The Morgan fingerprint density at radius 2 is 1.03 bits per heavy atom. The Morgan fingerprint density at radius 1 is 0.440 bits per heavy atom. The Kier molecular flexibility index (Phi) is 10.2. The molecule has 0 bridgehead atoms. The average molecular weight is 1150 g/mol. The first kappa shape index (κ1) is 45.3. The number of para-hydroxylation sites is 4. The zero-order valence-electron chi connectivity index (χ0n) is 42.5. The molecule has 5 heterocycles. The second kappa shape index (κ2) is 16.9. The standard InChI is InChI=1S/C68H51N5O.Pt/c1-67(2,3)45-34-47(70-42-71(60-29-16-15-28-59(60)70)65-54(43-20-9-7-10-21-43)36-46(68(4,5)6)37-55(65)44-22-11-8-12-23-44)38-49(35-45)74-48-31-32-51-56-40-57-53-26-19-25-52-50-24-13-14-27-58(50)73(66(52)53)63(57)41-62(56)72(61(51)39-48)64-30-17-18-33-69-64;/h7-37,40-41H,1-6H3;/q-2;. The van der Waals surface area contributed by atoms with Gasteiger partial charge in [0.05, 0.1) is 16.6 Å². The molecule has 0 aliphatic carbocycles. The van der Waals surface area contributed by atoms with Crippen molar-refractivity contribution in [2.45, 2.75) is 52.4 Å². The molecule has 0 atom stereocenters. The van der Waals surface area contributed by atoms with Crippen molar-refractivity contribution in [1.29, 1.82) is 0 Å². The minimum atomic E-state index is -0.217. The number of nitrogens with zero attached hydrogens (tertiary/aromatic N) is 5. The van der Waals surface area contributed by atoms with Crippen molar-refractivity contribution in [3.63, 3.8) is 0 Å². The molecule has 14 aromatic rings. The molecule has 75 heavy (non-hydrogen) atoms. The fourth-order valence-electron chi connectivity index (χ4n) is 11.4. The number of rotatable bonds is 7. The summed E-state index contributed by atoms with van der Waals surface area (Å²) in [6, 6.07) is 77.6. The van der Waals surface area contributed by atoms with E-state index in [2.05, 4.69) is 267 Å². The van der Waals surface area contributed by atoms with Crippen LogP contribution >= 0.6 is 0 Å². The van der Waals surface area contributed by atoms with Gasteiger partial charge in [0.2, 0.25) is 0 Å². The first-order valence-electron chi connectivity index (χ1n) is 25.6. The molecule has 0 aliphatic rings. The molecule has 7 heteroatoms. The monoisotopic (exact) mass is 1150 g/mol. The fraction of sp³-hybridized carbons (Fsp3) is 0.118. The Labute approximate surface area is 446 Å². The summed E-state index contributed by atoms with van der Waals surface area (Å²) in [6.45, 7) is 13.7. The quantitative estimate of drug-likeness (QED) is 0.149. The third-order valence-electron chi connectivity index (χ3n) is 15.1. The Morgan fingerprint density at radius 3 is 1.69 bits per heavy atom. The summed E-state index contributed by atoms with van der Waals surface area (Å²) in [5, 5.41) is 7.20. The van der Waals surface area contributed by atoms with Crippen molar-refractivity contribution in [2.24, 2.45) is 0 Å². The molecule has 366 valence electrons. The van der Waals surface area contributed by atoms with E-state index >= 15 is 0 Å². The van der Waals surface area contributed by atoms with Crippen LogP contribution in [0.5, 0.6) is 11.5 Å². The van der Waals surface area contributed by atoms with Crippen LogP contribution < -0.4 is 4.74 Å². The van der Waals surface area contributed by atoms with Crippen LogP contribution in [0.4, 0.5) is 0 Å². The Bertz CT molecular complexity index is 4580. The molecule has 14 rings (SSSR count). The topological polar surface area (TPSA) is 41.3 Å². The van der Waals surface area contributed by atoms with E-state index in [1.165, 1.54) is 49.3 Å². The van der Waals surface area contributed by atoms with E-state index in [1.54, 1.807) is 0 Å². The Hall–Kier alpha value is -8.31. The van der Waals surface area contributed by atoms with Crippen LogP contribution in [0.3, 0.4) is 0 Å². The molecule has 6 nitrogen and oxygen atoms in total. The van der Waals surface area contributed by atoms with E-state index in [-0.39, 0.29) is 10.8 Å². The summed E-state index contributed by atoms with van der Waals surface area (Å²) in [5.74, 6) is 2.01. The number of ether oxygens (including phenoxy) is 1. The van der Waals surface area contributed by atoms with Crippen LogP contribution in [0.2, 0.25) is 0 Å². The number of hydrogen-bond donors (Lipinski definition) is 0. The minimum absolute atomic E-state index is 0.0912. The number of aromatic nitrogens is 5. The van der Waals surface area contributed by atoms with E-state index in [0.717, 1.165) is 76.0 Å². The van der Waals surface area contributed by atoms with Crippen molar-refractivity contribution in [3.8, 4) is 50.9 Å². The molecule has 5 aromatic heterocycles. The molecule has 0 amide bonds. The molecule has 0 saturated heterocycles. The second-order valence-corrected chi connectivity index (χ2v) is 22.8. The molecule has 0 spiro atoms. The summed E-state index contributed by atoms with van der Waals surface area (Å²) in [5.41, 5.74) is 16.5. The molecule has 0 fully saturated rings. The van der Waals surface area contributed by atoms with Gasteiger partial charge in [0.25, 0.3) is 0 Å². The molecular formula is C68H51N5OPt-2. The van der Waals surface area contributed by atoms with Crippen LogP contribution in [0.1, 0.15) is 52.7 Å². The predicted molar refractivity (Wildman–Crippen MR) is 305 cm³/mol. The zero-order valence-corrected chi connectivity index (χ0v) is 44.8. The van der Waals surface area contributed by atoms with E-state index in [0.29, 0.717) is 11.5 Å². The number of fused-ring (bicyclic) bond motifs is 10. The van der Waals surface area contributed by atoms with Crippen molar-refractivity contribution in [3.05, 3.63) is 227 Å². The second-order valence-electron chi connectivity index (χ2n) is 21.8. The number of pyridine rings is 1. The molecular weight excluding hydrogens is 1100 g/mol. The van der Waals surface area contributed by atoms with Gasteiger partial charge in [0.15, 0.2) is 0 Å². The van der Waals surface area contributed by atoms with Crippen LogP contribution in [-0.2, 0) is 30.2 Å². The maximum absolute atomic E-state index is 7.04. The van der Waals surface area contributed by atoms with Gasteiger partial charge in [-0.1, -0.05) is 42.5 Å². The first-order chi connectivity index (χ1) is 36.4.